The van der Waals surface area contributed by atoms with Crippen molar-refractivity contribution in [1.29, 1.82) is 0 Å². The quantitative estimate of drug-likeness (QED) is 0.516. The van der Waals surface area contributed by atoms with Gasteiger partial charge in [-0.1, -0.05) is 78.9 Å². The zero-order chi connectivity index (χ0) is 15.2. The molecule has 0 aliphatic rings. The summed E-state index contributed by atoms with van der Waals surface area (Å²) in [6.45, 7) is 0. The van der Waals surface area contributed by atoms with Crippen LogP contribution in [0.15, 0.2) is 96.0 Å². The minimum Gasteiger partial charge on any atom is -0.245 e. The number of aliphatic imine (C=N–C) groups is 1. The molecule has 22 heavy (non-hydrogen) atoms. The monoisotopic (exact) mass is 349 g/mol. The molecule has 108 valence electrons. The molecule has 3 aromatic rings. The molecular formula is C20H16BrN. The fourth-order valence-electron chi connectivity index (χ4n) is 2.45. The number of benzene rings is 3. The normalized spacial score (nSPS) is 11.6. The molecule has 0 unspecified atom stereocenters. The summed E-state index contributed by atoms with van der Waals surface area (Å²) < 4.78 is 0.913. The molecule has 0 aliphatic heterocycles. The first-order chi connectivity index (χ1) is 10.8. The van der Waals surface area contributed by atoms with E-state index < -0.39 is 0 Å². The third kappa shape index (κ3) is 3.52. The lowest BCUT2D eigenvalue weighted by Gasteiger charge is -2.17. The number of nitrogens with zero attached hydrogens (tertiary/aromatic N) is 1. The van der Waals surface area contributed by atoms with Crippen molar-refractivity contribution in [2.24, 2.45) is 4.99 Å². The molecule has 1 nitrogen and oxygen atoms in total. The van der Waals surface area contributed by atoms with Crippen molar-refractivity contribution in [3.63, 3.8) is 0 Å². The Morgan fingerprint density at radius 1 is 0.636 bits per heavy atom. The SMILES string of the molecule is BrC(=Nc1ccccc1)C(c1ccccc1)c1ccccc1. The smallest absolute Gasteiger partial charge is 0.0955 e. The van der Waals surface area contributed by atoms with Crippen molar-refractivity contribution in [1.82, 2.24) is 0 Å². The van der Waals surface area contributed by atoms with E-state index in [0.29, 0.717) is 0 Å². The molecule has 3 aromatic carbocycles. The molecule has 0 saturated carbocycles. The van der Waals surface area contributed by atoms with Crippen LogP contribution in [0.25, 0.3) is 0 Å². The van der Waals surface area contributed by atoms with Crippen molar-refractivity contribution in [3.05, 3.63) is 102 Å². The van der Waals surface area contributed by atoms with Crippen LogP contribution in [0.4, 0.5) is 5.69 Å². The zero-order valence-corrected chi connectivity index (χ0v) is 13.6. The maximum absolute atomic E-state index is 4.75. The molecule has 3 rings (SSSR count). The van der Waals surface area contributed by atoms with Gasteiger partial charge in [0, 0.05) is 0 Å². The first kappa shape index (κ1) is 14.7. The van der Waals surface area contributed by atoms with Gasteiger partial charge in [0.15, 0.2) is 0 Å². The summed E-state index contributed by atoms with van der Waals surface area (Å²) in [5, 5.41) is 0. The maximum atomic E-state index is 4.75. The lowest BCUT2D eigenvalue weighted by atomic mass is 9.92. The number of hydrogen-bond acceptors (Lipinski definition) is 1. The Morgan fingerprint density at radius 2 is 1.05 bits per heavy atom. The van der Waals surface area contributed by atoms with E-state index in [4.69, 9.17) is 4.99 Å². The van der Waals surface area contributed by atoms with Gasteiger partial charge in [0.1, 0.15) is 0 Å². The number of para-hydroxylation sites is 1. The van der Waals surface area contributed by atoms with Crippen LogP contribution >= 0.6 is 15.9 Å². The molecule has 0 saturated heterocycles. The predicted molar refractivity (Wildman–Crippen MR) is 97.2 cm³/mol. The first-order valence-corrected chi connectivity index (χ1v) is 8.03. The molecule has 2 heteroatoms. The predicted octanol–water partition coefficient (Wildman–Crippen LogP) is 5.94. The Labute approximate surface area is 139 Å². The van der Waals surface area contributed by atoms with Crippen molar-refractivity contribution in [2.45, 2.75) is 5.92 Å². The fraction of sp³-hybridized carbons (Fsp3) is 0.0500. The molecule has 0 aromatic heterocycles. The van der Waals surface area contributed by atoms with Gasteiger partial charge in [-0.15, -0.1) is 0 Å². The van der Waals surface area contributed by atoms with E-state index in [-0.39, 0.29) is 5.92 Å². The van der Waals surface area contributed by atoms with Gasteiger partial charge in [0.2, 0.25) is 0 Å². The van der Waals surface area contributed by atoms with Crippen LogP contribution in [-0.4, -0.2) is 4.62 Å². The van der Waals surface area contributed by atoms with Gasteiger partial charge in [0.05, 0.1) is 16.2 Å². The summed E-state index contributed by atoms with van der Waals surface area (Å²) in [5.41, 5.74) is 3.40. The second kappa shape index (κ2) is 7.19. The van der Waals surface area contributed by atoms with Crippen LogP contribution in [0, 0.1) is 0 Å². The zero-order valence-electron chi connectivity index (χ0n) is 12.1. The lowest BCUT2D eigenvalue weighted by Crippen LogP contribution is -2.08. The van der Waals surface area contributed by atoms with Crippen molar-refractivity contribution in [2.75, 3.05) is 0 Å². The fourth-order valence-corrected chi connectivity index (χ4v) is 3.18. The lowest BCUT2D eigenvalue weighted by molar-refractivity contribution is 1.09. The molecule has 0 radical (unpaired) electrons. The van der Waals surface area contributed by atoms with Crippen molar-refractivity contribution in [3.8, 4) is 0 Å². The largest absolute Gasteiger partial charge is 0.245 e. The van der Waals surface area contributed by atoms with Crippen molar-refractivity contribution >= 4 is 26.2 Å². The third-order valence-corrected chi connectivity index (χ3v) is 4.13. The van der Waals surface area contributed by atoms with Gasteiger partial charge < -0.3 is 0 Å². The number of rotatable bonds is 4. The van der Waals surface area contributed by atoms with Crippen LogP contribution in [0.5, 0.6) is 0 Å². The van der Waals surface area contributed by atoms with E-state index in [0.717, 1.165) is 10.3 Å². The molecule has 0 fully saturated rings. The summed E-state index contributed by atoms with van der Waals surface area (Å²) in [4.78, 5) is 4.75. The molecule has 0 aliphatic carbocycles. The summed E-state index contributed by atoms with van der Waals surface area (Å²) in [6.07, 6.45) is 0. The van der Waals surface area contributed by atoms with E-state index >= 15 is 0 Å². The molecule has 0 bridgehead atoms. The first-order valence-electron chi connectivity index (χ1n) is 7.23. The minimum atomic E-state index is 0.0996. The second-order valence-corrected chi connectivity index (χ2v) is 5.84. The average Bonchev–Trinajstić information content (AvgIpc) is 2.58. The highest BCUT2D eigenvalue weighted by molar-refractivity contribution is 9.18. The van der Waals surface area contributed by atoms with E-state index in [2.05, 4.69) is 64.5 Å². The van der Waals surface area contributed by atoms with Crippen LogP contribution in [0.3, 0.4) is 0 Å². The van der Waals surface area contributed by atoms with Crippen LogP contribution in [-0.2, 0) is 0 Å². The van der Waals surface area contributed by atoms with Gasteiger partial charge in [-0.2, -0.15) is 0 Å². The van der Waals surface area contributed by atoms with Gasteiger partial charge in [-0.3, -0.25) is 0 Å². The van der Waals surface area contributed by atoms with Gasteiger partial charge in [-0.05, 0) is 39.2 Å². The van der Waals surface area contributed by atoms with Gasteiger partial charge >= 0.3 is 0 Å². The molecule has 0 spiro atoms. The van der Waals surface area contributed by atoms with Crippen molar-refractivity contribution < 1.29 is 0 Å². The number of halogens is 1. The Balaban J connectivity index is 2.04. The Kier molecular flexibility index (Phi) is 4.81. The summed E-state index contributed by atoms with van der Waals surface area (Å²) in [7, 11) is 0. The standard InChI is InChI=1S/C20H16BrN/c21-20(22-18-14-8-3-9-15-18)19(16-10-4-1-5-11-16)17-12-6-2-7-13-17/h1-15,19H. The van der Waals surface area contributed by atoms with Crippen LogP contribution in [0.1, 0.15) is 17.0 Å². The average molecular weight is 350 g/mol. The van der Waals surface area contributed by atoms with Crippen LogP contribution in [0.2, 0.25) is 0 Å². The van der Waals surface area contributed by atoms with Gasteiger partial charge in [0.25, 0.3) is 0 Å². The molecule has 0 heterocycles. The Morgan fingerprint density at radius 3 is 1.50 bits per heavy atom. The highest BCUT2D eigenvalue weighted by atomic mass is 79.9. The summed E-state index contributed by atoms with van der Waals surface area (Å²) in [5.74, 6) is 0.0996. The Bertz CT molecular complexity index is 697. The highest BCUT2D eigenvalue weighted by Gasteiger charge is 2.18. The van der Waals surface area contributed by atoms with E-state index in [9.17, 15) is 0 Å². The molecular weight excluding hydrogens is 334 g/mol. The van der Waals surface area contributed by atoms with Crippen LogP contribution < -0.4 is 0 Å². The maximum Gasteiger partial charge on any atom is 0.0955 e. The number of hydrogen-bond donors (Lipinski definition) is 0. The van der Waals surface area contributed by atoms with E-state index in [1.165, 1.54) is 11.1 Å². The van der Waals surface area contributed by atoms with Gasteiger partial charge in [-0.25, -0.2) is 4.99 Å². The molecule has 0 amide bonds. The Hall–Kier alpha value is -2.19. The van der Waals surface area contributed by atoms with E-state index in [1.807, 2.05) is 42.5 Å². The second-order valence-electron chi connectivity index (χ2n) is 5.02. The third-order valence-electron chi connectivity index (χ3n) is 3.50. The summed E-state index contributed by atoms with van der Waals surface area (Å²) in [6, 6.07) is 30.9. The topological polar surface area (TPSA) is 12.4 Å². The minimum absolute atomic E-state index is 0.0996. The molecule has 0 N–H and O–H groups in total. The summed E-state index contributed by atoms with van der Waals surface area (Å²) >= 11 is 3.70. The molecule has 0 atom stereocenters. The van der Waals surface area contributed by atoms with E-state index in [1.54, 1.807) is 0 Å². The highest BCUT2D eigenvalue weighted by Crippen LogP contribution is 2.30.